The van der Waals surface area contributed by atoms with E-state index in [4.69, 9.17) is 126 Å². The van der Waals surface area contributed by atoms with Gasteiger partial charge in [0.05, 0.1) is 52.6 Å². The molecule has 8 heterocycles. The molecule has 4 atom stereocenters. The van der Waals surface area contributed by atoms with Crippen LogP contribution in [-0.2, 0) is 37.2 Å². The van der Waals surface area contributed by atoms with Crippen molar-refractivity contribution in [1.82, 2.24) is 39.5 Å². The number of rotatable bonds is 18. The Kier molecular flexibility index (Phi) is 30.9. The highest BCUT2D eigenvalue weighted by Gasteiger charge is 2.39. The van der Waals surface area contributed by atoms with Crippen LogP contribution in [0.4, 0.5) is 0 Å². The average Bonchev–Trinajstić information content (AvgIpc) is 1.59. The summed E-state index contributed by atoms with van der Waals surface area (Å²) in [5.74, 6) is 7.87. The lowest BCUT2D eigenvalue weighted by Gasteiger charge is -2.37. The molecule has 0 radical (unpaired) electrons. The minimum atomic E-state index is -0.00366. The van der Waals surface area contributed by atoms with Gasteiger partial charge in [-0.3, -0.25) is 0 Å². The van der Waals surface area contributed by atoms with Gasteiger partial charge in [0, 0.05) is 141 Å². The van der Waals surface area contributed by atoms with Crippen LogP contribution in [0, 0.1) is 5.92 Å². The van der Waals surface area contributed by atoms with Gasteiger partial charge >= 0.3 is 0 Å². The maximum atomic E-state index is 6.32. The predicted molar refractivity (Wildman–Crippen MR) is 544 cm³/mol. The van der Waals surface area contributed by atoms with E-state index >= 15 is 0 Å². The Morgan fingerprint density at radius 2 is 0.629 bits per heavy atom. The van der Waals surface area contributed by atoms with Gasteiger partial charge in [-0.2, -0.15) is 0 Å². The number of methoxy groups -OCH3 is 4. The quantitative estimate of drug-likeness (QED) is 0.0482. The molecule has 10 aromatic carbocycles. The fourth-order valence-electron chi connectivity index (χ4n) is 16.8. The van der Waals surface area contributed by atoms with Crippen LogP contribution in [-0.4, -0.2) is 123 Å². The first-order valence-electron chi connectivity index (χ1n) is 41.5. The number of unbranched alkanes of at least 4 members (excludes halogenated alkanes) is 1. The van der Waals surface area contributed by atoms with Crippen LogP contribution in [0.3, 0.4) is 0 Å². The number of nitrogens with zero attached hydrogens (tertiary/aromatic N) is 4. The Morgan fingerprint density at radius 1 is 0.355 bits per heavy atom. The normalized spacial score (nSPS) is 15.8. The van der Waals surface area contributed by atoms with Crippen LogP contribution < -0.4 is 18.9 Å². The number of nitrogens with one attached hydrogen (secondary N) is 4. The fourth-order valence-corrected chi connectivity index (χ4v) is 23.1. The highest BCUT2D eigenvalue weighted by molar-refractivity contribution is 8.23. The van der Waals surface area contributed by atoms with Crippen molar-refractivity contribution in [2.45, 2.75) is 101 Å². The lowest BCUT2D eigenvalue weighted by Crippen LogP contribution is -2.38. The van der Waals surface area contributed by atoms with E-state index in [1.54, 1.807) is 75.5 Å². The van der Waals surface area contributed by atoms with Gasteiger partial charge in [0.25, 0.3) is 0 Å². The summed E-state index contributed by atoms with van der Waals surface area (Å²) in [4.78, 5) is 24.1. The van der Waals surface area contributed by atoms with E-state index in [1.165, 1.54) is 119 Å². The van der Waals surface area contributed by atoms with Crippen molar-refractivity contribution in [3.05, 3.63) is 328 Å². The number of benzene rings is 10. The summed E-state index contributed by atoms with van der Waals surface area (Å²) in [7, 11) is 6.77. The number of aromatic nitrogens is 4. The topological polar surface area (TPSA) is 113 Å². The summed E-state index contributed by atoms with van der Waals surface area (Å²) in [5, 5.41) is 8.63. The van der Waals surface area contributed by atoms with Gasteiger partial charge in [0.1, 0.15) is 40.3 Å². The molecular formula is C99H97Cl5N8O4S8. The molecule has 0 bridgehead atoms. The molecule has 14 aromatic rings. The number of hydrogen-bond donors (Lipinski definition) is 4. The van der Waals surface area contributed by atoms with E-state index in [0.29, 0.717) is 5.92 Å². The van der Waals surface area contributed by atoms with E-state index in [2.05, 4.69) is 194 Å². The maximum Gasteiger partial charge on any atom is 0.137 e. The molecule has 4 N–H and O–H groups in total. The number of fused-ring (bicyclic) bond motifs is 12. The molecule has 12 nitrogen and oxygen atoms in total. The molecule has 0 aliphatic carbocycles. The Morgan fingerprint density at radius 3 is 0.911 bits per heavy atom. The number of thioether (sulfide) groups is 4. The second-order valence-corrected chi connectivity index (χ2v) is 40.1. The molecule has 0 saturated heterocycles. The Balaban J connectivity index is 0.000000128. The third-order valence-corrected chi connectivity index (χ3v) is 30.5. The lowest BCUT2D eigenvalue weighted by atomic mass is 9.93. The summed E-state index contributed by atoms with van der Waals surface area (Å²) >= 11 is 62.0. The van der Waals surface area contributed by atoms with Crippen LogP contribution in [0.1, 0.15) is 143 Å². The number of aromatic amines is 4. The molecule has 124 heavy (non-hydrogen) atoms. The van der Waals surface area contributed by atoms with Crippen molar-refractivity contribution in [2.24, 2.45) is 5.92 Å². The van der Waals surface area contributed by atoms with Gasteiger partial charge in [0.15, 0.2) is 0 Å². The van der Waals surface area contributed by atoms with Gasteiger partial charge in [0.2, 0.25) is 0 Å². The van der Waals surface area contributed by atoms with Crippen LogP contribution in [0.2, 0.25) is 25.1 Å². The number of hydrogen-bond acceptors (Lipinski definition) is 12. The van der Waals surface area contributed by atoms with Gasteiger partial charge in [-0.15, -0.1) is 0 Å². The van der Waals surface area contributed by atoms with Crippen molar-refractivity contribution in [3.8, 4) is 23.0 Å². The highest BCUT2D eigenvalue weighted by atomic mass is 35.5. The van der Waals surface area contributed by atoms with Crippen molar-refractivity contribution in [3.63, 3.8) is 0 Å². The third kappa shape index (κ3) is 21.0. The molecule has 640 valence electrons. The molecule has 4 aromatic heterocycles. The number of H-pyrrole nitrogens is 4. The minimum absolute atomic E-state index is 0.00366. The number of halogens is 5. The molecule has 18 rings (SSSR count). The summed E-state index contributed by atoms with van der Waals surface area (Å²) in [6, 6.07) is 76.0. The predicted octanol–water partition coefficient (Wildman–Crippen LogP) is 28.1. The second-order valence-electron chi connectivity index (χ2n) is 31.3. The standard InChI is InChI=1S/C26H22Cl2N2OS2.C26H23ClN2OS2.C24H27ClN2OS2.C23H25ClN2OS2/c1-31-20-9-4-17(5-10-20)25-24-21(22-14-19(28)8-11-23(22)29-24)12-13-30(25)26(32)33-15-16-2-6-18(27)7-3-16;1-30-20-10-7-18(8-11-20)25-24-21(22-15-19(27)9-12-23(22)28-24)13-14-29(25)26(31)32-16-17-5-3-2-4-6-17;1-15(2)11-13-30-24(29)27-12-10-19-20-14-17(25)6-9-21(20)26-22(19)23(27)16-4-7-18(28-3)8-5-16;1-3-4-13-29-23(28)26-12-11-18-19-14-16(24)7-10-20(19)25-21(18)22(26)15-5-8-17(27-2)9-6-15/h2-11,14,25,29H,12-13,15H2,1H3;2-12,15,25,28H,13-14,16H2,1H3;4-9,14-15,23,26H,10-13H2,1-3H3;5-10,14,22,25H,3-4,11-13H2,1-2H3. The van der Waals surface area contributed by atoms with Gasteiger partial charge in [-0.05, 0) is 234 Å². The first-order chi connectivity index (χ1) is 60.3. The SMILES string of the molecule is CCCCSC(=S)N1CCc2c([nH]c3ccc(Cl)cc23)C1c1ccc(OC)cc1.COc1ccc(C2c3[nH]c4ccc(Cl)cc4c3CCN2C(=S)SCCC(C)C)cc1.COc1ccc(C2c3[nH]c4ccc(Cl)cc4c3CCN2C(=S)SCc2ccc(Cl)cc2)cc1.COc1ccc(C2c3[nH]c4ccc(Cl)cc4c3CCN2C(=S)SCc2ccccc2)cc1. The molecule has 25 heteroatoms. The lowest BCUT2D eigenvalue weighted by molar-refractivity contribution is 0.345. The average molecular weight is 1900 g/mol. The van der Waals surface area contributed by atoms with Crippen molar-refractivity contribution in [1.29, 1.82) is 0 Å². The van der Waals surface area contributed by atoms with Crippen LogP contribution >= 0.6 is 154 Å². The zero-order valence-electron chi connectivity index (χ0n) is 69.9. The fraction of sp³-hybridized carbons (Fsp3) is 0.273. The molecule has 0 saturated carbocycles. The van der Waals surface area contributed by atoms with E-state index in [0.717, 1.165) is 162 Å². The van der Waals surface area contributed by atoms with Crippen LogP contribution in [0.5, 0.6) is 23.0 Å². The molecule has 4 aliphatic rings. The zero-order chi connectivity index (χ0) is 86.7. The number of ether oxygens (including phenoxy) is 4. The smallest absolute Gasteiger partial charge is 0.137 e. The van der Waals surface area contributed by atoms with Gasteiger partial charge in [-0.1, -0.05) is 272 Å². The molecular weight excluding hydrogens is 1800 g/mol. The summed E-state index contributed by atoms with van der Waals surface area (Å²) in [6.07, 6.45) is 7.27. The van der Waals surface area contributed by atoms with Crippen LogP contribution in [0.15, 0.2) is 224 Å². The van der Waals surface area contributed by atoms with Gasteiger partial charge < -0.3 is 58.5 Å². The Bertz CT molecular complexity index is 6090. The maximum absolute atomic E-state index is 6.32. The largest absolute Gasteiger partial charge is 0.497 e. The van der Waals surface area contributed by atoms with E-state index < -0.39 is 0 Å². The Hall–Kier alpha value is -8.03. The van der Waals surface area contributed by atoms with Crippen molar-refractivity contribution < 1.29 is 18.9 Å². The monoisotopic (exact) mass is 1890 g/mol. The zero-order valence-corrected chi connectivity index (χ0v) is 80.2. The summed E-state index contributed by atoms with van der Waals surface area (Å²) in [5.41, 5.74) is 21.9. The first-order valence-corrected chi connectivity index (χ1v) is 49.0. The molecule has 4 aliphatic heterocycles. The highest BCUT2D eigenvalue weighted by Crippen LogP contribution is 2.47. The molecule has 4 unspecified atom stereocenters. The Labute approximate surface area is 790 Å². The van der Waals surface area contributed by atoms with E-state index in [9.17, 15) is 0 Å². The van der Waals surface area contributed by atoms with E-state index in [-0.39, 0.29) is 24.2 Å². The van der Waals surface area contributed by atoms with Crippen LogP contribution in [0.25, 0.3) is 43.6 Å². The second kappa shape index (κ2) is 42.3. The summed E-state index contributed by atoms with van der Waals surface area (Å²) < 4.78 is 25.2. The van der Waals surface area contributed by atoms with Crippen molar-refractivity contribution >= 4 is 215 Å². The third-order valence-electron chi connectivity index (χ3n) is 23.1. The molecule has 0 fully saturated rings. The van der Waals surface area contributed by atoms with Crippen molar-refractivity contribution in [2.75, 3.05) is 66.1 Å². The molecule has 0 amide bonds. The summed E-state index contributed by atoms with van der Waals surface area (Å²) in [6.45, 7) is 10.2. The molecule has 0 spiro atoms. The van der Waals surface area contributed by atoms with Gasteiger partial charge in [-0.25, -0.2) is 0 Å². The number of thiocarbonyl (C=S) groups is 4. The minimum Gasteiger partial charge on any atom is -0.497 e. The van der Waals surface area contributed by atoms with E-state index in [1.807, 2.05) is 91.0 Å². The first kappa shape index (κ1) is 90.7.